The van der Waals surface area contributed by atoms with E-state index >= 15 is 0 Å². The highest BCUT2D eigenvalue weighted by atomic mass is 19.1. The van der Waals surface area contributed by atoms with Crippen molar-refractivity contribution < 1.29 is 28.4 Å². The largest absolute Gasteiger partial charge is 0.475 e. The molecule has 1 aliphatic rings. The molecule has 1 saturated heterocycles. The molecule has 0 radical (unpaired) electrons. The molecule has 2 atom stereocenters. The summed E-state index contributed by atoms with van der Waals surface area (Å²) in [5.74, 6) is -2.68. The number of nitrogens with one attached hydrogen (secondary N) is 1. The third kappa shape index (κ3) is 5.74. The van der Waals surface area contributed by atoms with Crippen molar-refractivity contribution in [1.82, 2.24) is 5.32 Å². The van der Waals surface area contributed by atoms with Crippen molar-refractivity contribution in [2.45, 2.75) is 51.5 Å². The molecule has 1 fully saturated rings. The van der Waals surface area contributed by atoms with E-state index in [9.17, 15) is 28.4 Å². The van der Waals surface area contributed by atoms with E-state index in [2.05, 4.69) is 5.32 Å². The summed E-state index contributed by atoms with van der Waals surface area (Å²) in [5, 5.41) is 21.2. The molecule has 3 N–H and O–H groups in total. The second-order valence-electron chi connectivity index (χ2n) is 7.28. The van der Waals surface area contributed by atoms with Crippen LogP contribution in [0.3, 0.4) is 0 Å². The first kappa shape index (κ1) is 21.3. The number of benzene rings is 1. The number of hydrogen-bond acceptors (Lipinski definition) is 5. The molecule has 148 valence electrons. The zero-order chi connectivity index (χ0) is 20.1. The van der Waals surface area contributed by atoms with Gasteiger partial charge < -0.3 is 20.3 Å². The summed E-state index contributed by atoms with van der Waals surface area (Å²) < 4.78 is 26.9. The summed E-state index contributed by atoms with van der Waals surface area (Å²) in [7, 11) is -1.67. The van der Waals surface area contributed by atoms with Crippen molar-refractivity contribution in [2.75, 3.05) is 11.4 Å². The van der Waals surface area contributed by atoms with Crippen molar-refractivity contribution in [3.05, 3.63) is 29.8 Å². The van der Waals surface area contributed by atoms with Crippen LogP contribution in [0.2, 0.25) is 0 Å². The predicted octanol–water partition coefficient (Wildman–Crippen LogP) is 1.44. The maximum atomic E-state index is 13.9. The molecular formula is C18H25BF2N2O4. The monoisotopic (exact) mass is 382 g/mol. The third-order valence-electron chi connectivity index (χ3n) is 4.64. The van der Waals surface area contributed by atoms with Crippen LogP contribution in [-0.4, -0.2) is 47.4 Å². The minimum atomic E-state index is -1.67. The van der Waals surface area contributed by atoms with Gasteiger partial charge in [0.1, 0.15) is 11.6 Å². The summed E-state index contributed by atoms with van der Waals surface area (Å²) >= 11 is 0. The van der Waals surface area contributed by atoms with Gasteiger partial charge in [-0.05, 0) is 30.9 Å². The third-order valence-corrected chi connectivity index (χ3v) is 4.64. The van der Waals surface area contributed by atoms with E-state index in [0.717, 1.165) is 12.1 Å². The number of ketones is 1. The first-order valence-corrected chi connectivity index (χ1v) is 9.09. The average Bonchev–Trinajstić information content (AvgIpc) is 2.53. The molecular weight excluding hydrogens is 357 g/mol. The van der Waals surface area contributed by atoms with Crippen molar-refractivity contribution >= 4 is 24.5 Å². The molecule has 27 heavy (non-hydrogen) atoms. The van der Waals surface area contributed by atoms with Gasteiger partial charge in [-0.1, -0.05) is 13.8 Å². The summed E-state index contributed by atoms with van der Waals surface area (Å²) in [4.78, 5) is 26.0. The molecule has 2 rings (SSSR count). The van der Waals surface area contributed by atoms with Gasteiger partial charge in [0, 0.05) is 25.5 Å². The second kappa shape index (κ2) is 9.28. The lowest BCUT2D eigenvalue weighted by atomic mass is 9.75. The Labute approximate surface area is 157 Å². The van der Waals surface area contributed by atoms with Gasteiger partial charge in [0.05, 0.1) is 17.7 Å². The number of rotatable bonds is 9. The Morgan fingerprint density at radius 2 is 2.00 bits per heavy atom. The van der Waals surface area contributed by atoms with E-state index in [0.29, 0.717) is 19.4 Å². The summed E-state index contributed by atoms with van der Waals surface area (Å²) in [6.45, 7) is 4.27. The van der Waals surface area contributed by atoms with Gasteiger partial charge in [0.25, 0.3) is 0 Å². The van der Waals surface area contributed by atoms with Crippen LogP contribution in [0.15, 0.2) is 18.2 Å². The Bertz CT molecular complexity index is 687. The van der Waals surface area contributed by atoms with Gasteiger partial charge in [-0.25, -0.2) is 8.78 Å². The minimum absolute atomic E-state index is 0.0360. The molecule has 9 heteroatoms. The summed E-state index contributed by atoms with van der Waals surface area (Å²) in [6.07, 6.45) is 0.822. The fourth-order valence-corrected chi connectivity index (χ4v) is 3.17. The second-order valence-corrected chi connectivity index (χ2v) is 7.28. The Kier molecular flexibility index (Phi) is 7.32. The fourth-order valence-electron chi connectivity index (χ4n) is 3.17. The topological polar surface area (TPSA) is 89.9 Å². The van der Waals surface area contributed by atoms with E-state index in [1.54, 1.807) is 4.90 Å². The molecule has 1 aliphatic heterocycles. The number of carbonyl (C=O) groups excluding carboxylic acids is 2. The van der Waals surface area contributed by atoms with Gasteiger partial charge in [-0.3, -0.25) is 9.59 Å². The first-order chi connectivity index (χ1) is 12.7. The van der Waals surface area contributed by atoms with Gasteiger partial charge in [0.15, 0.2) is 5.78 Å². The first-order valence-electron chi connectivity index (χ1n) is 9.09. The Morgan fingerprint density at radius 1 is 1.30 bits per heavy atom. The molecule has 6 nitrogen and oxygen atoms in total. The van der Waals surface area contributed by atoms with Gasteiger partial charge in [-0.15, -0.1) is 0 Å². The van der Waals surface area contributed by atoms with Crippen LogP contribution < -0.4 is 10.2 Å². The standard InChI is InChI=1S/C18H25BF2N2O4/c1-11(2)9-17(19(26)27)22-18(25)6-5-16(24)15-7-8-23(15)14-4-3-12(20)10-13(14)21/h3-4,10-11,15,17,26-27H,5-9H2,1-2H3,(H,22,25)/t15-,17+/m0/s1. The molecule has 1 amide bonds. The Morgan fingerprint density at radius 3 is 2.52 bits per heavy atom. The van der Waals surface area contributed by atoms with E-state index in [4.69, 9.17) is 0 Å². The summed E-state index contributed by atoms with van der Waals surface area (Å²) in [6, 6.07) is 2.68. The van der Waals surface area contributed by atoms with Crippen LogP contribution in [0.1, 0.15) is 39.5 Å². The van der Waals surface area contributed by atoms with E-state index in [-0.39, 0.29) is 30.2 Å². The molecule has 1 aromatic rings. The molecule has 1 aromatic carbocycles. The highest BCUT2D eigenvalue weighted by Crippen LogP contribution is 2.30. The number of halogens is 2. The zero-order valence-corrected chi connectivity index (χ0v) is 15.5. The van der Waals surface area contributed by atoms with Crippen LogP contribution in [0.4, 0.5) is 14.5 Å². The molecule has 0 bridgehead atoms. The van der Waals surface area contributed by atoms with Crippen molar-refractivity contribution in [3.63, 3.8) is 0 Å². The number of amides is 1. The van der Waals surface area contributed by atoms with Crippen LogP contribution in [0.25, 0.3) is 0 Å². The quantitative estimate of drug-likeness (QED) is 0.563. The zero-order valence-electron chi connectivity index (χ0n) is 15.5. The van der Waals surface area contributed by atoms with Gasteiger partial charge in [0.2, 0.25) is 5.91 Å². The lowest BCUT2D eigenvalue weighted by Crippen LogP contribution is -2.53. The maximum Gasteiger partial charge on any atom is 0.475 e. The van der Waals surface area contributed by atoms with Crippen LogP contribution in [-0.2, 0) is 9.59 Å². The lowest BCUT2D eigenvalue weighted by Gasteiger charge is -2.42. The van der Waals surface area contributed by atoms with Gasteiger partial charge >= 0.3 is 7.12 Å². The number of Topliss-reactive ketones (excluding diaryl/α,β-unsaturated/α-hetero) is 1. The molecule has 0 aromatic heterocycles. The number of hydrogen-bond donors (Lipinski definition) is 3. The molecule has 0 spiro atoms. The van der Waals surface area contributed by atoms with Crippen molar-refractivity contribution in [1.29, 1.82) is 0 Å². The SMILES string of the molecule is CC(C)C[C@@H](NC(=O)CCC(=O)[C@@H]1CCN1c1ccc(F)cc1F)B(O)O. The summed E-state index contributed by atoms with van der Waals surface area (Å²) in [5.41, 5.74) is 0.172. The maximum absolute atomic E-state index is 13.9. The fraction of sp³-hybridized carbons (Fsp3) is 0.556. The lowest BCUT2D eigenvalue weighted by molar-refractivity contribution is -0.126. The van der Waals surface area contributed by atoms with E-state index in [1.807, 2.05) is 13.8 Å². The molecule has 1 heterocycles. The smallest absolute Gasteiger partial charge is 0.426 e. The Hall–Kier alpha value is -2.00. The molecule has 0 aliphatic carbocycles. The molecule has 0 saturated carbocycles. The highest BCUT2D eigenvalue weighted by Gasteiger charge is 2.35. The van der Waals surface area contributed by atoms with Crippen LogP contribution in [0.5, 0.6) is 0 Å². The van der Waals surface area contributed by atoms with Crippen LogP contribution in [0, 0.1) is 17.6 Å². The molecule has 0 unspecified atom stereocenters. The number of carbonyl (C=O) groups is 2. The number of anilines is 1. The Balaban J connectivity index is 1.87. The minimum Gasteiger partial charge on any atom is -0.426 e. The van der Waals surface area contributed by atoms with Crippen molar-refractivity contribution in [2.24, 2.45) is 5.92 Å². The van der Waals surface area contributed by atoms with Crippen LogP contribution >= 0.6 is 0 Å². The highest BCUT2D eigenvalue weighted by molar-refractivity contribution is 6.43. The predicted molar refractivity (Wildman–Crippen MR) is 97.9 cm³/mol. The van der Waals surface area contributed by atoms with E-state index in [1.165, 1.54) is 6.07 Å². The van der Waals surface area contributed by atoms with E-state index < -0.39 is 36.6 Å². The van der Waals surface area contributed by atoms with Crippen molar-refractivity contribution in [3.8, 4) is 0 Å². The van der Waals surface area contributed by atoms with Gasteiger partial charge in [-0.2, -0.15) is 0 Å². The normalized spacial score (nSPS) is 17.4. The average molecular weight is 382 g/mol. The number of nitrogens with zero attached hydrogens (tertiary/aromatic N) is 1.